The highest BCUT2D eigenvalue weighted by molar-refractivity contribution is 6.50. The van der Waals surface area contributed by atoms with E-state index in [9.17, 15) is 9.59 Å². The Kier molecular flexibility index (Phi) is 4.40. The van der Waals surface area contributed by atoms with Crippen LogP contribution in [0.4, 0.5) is 5.82 Å². The van der Waals surface area contributed by atoms with Crippen LogP contribution >= 0.6 is 0 Å². The van der Waals surface area contributed by atoms with Gasteiger partial charge in [-0.25, -0.2) is 4.98 Å². The molecule has 4 heterocycles. The summed E-state index contributed by atoms with van der Waals surface area (Å²) >= 11 is 0. The molecule has 1 aromatic carbocycles. The summed E-state index contributed by atoms with van der Waals surface area (Å²) in [4.78, 5) is 37.8. The van der Waals surface area contributed by atoms with Crippen molar-refractivity contribution in [3.05, 3.63) is 59.4 Å². The van der Waals surface area contributed by atoms with E-state index in [0.29, 0.717) is 16.7 Å². The lowest BCUT2D eigenvalue weighted by atomic mass is 9.96. The summed E-state index contributed by atoms with van der Waals surface area (Å²) in [6.07, 6.45) is 3.52. The number of fused-ring (bicyclic) bond motifs is 1. The Hall–Kier alpha value is -3.45. The molecule has 152 valence electrons. The van der Waals surface area contributed by atoms with Crippen molar-refractivity contribution < 1.29 is 9.59 Å². The number of carbonyl (C=O) groups excluding carboxylic acids is 2. The summed E-state index contributed by atoms with van der Waals surface area (Å²) in [5.41, 5.74) is 4.32. The second kappa shape index (κ2) is 7.11. The van der Waals surface area contributed by atoms with Crippen molar-refractivity contribution in [2.45, 2.75) is 6.92 Å². The van der Waals surface area contributed by atoms with Crippen LogP contribution in [0, 0.1) is 6.92 Å². The molecule has 0 unspecified atom stereocenters. The largest absolute Gasteiger partial charge is 0.360 e. The predicted octanol–water partition coefficient (Wildman–Crippen LogP) is 2.19. The predicted molar refractivity (Wildman–Crippen MR) is 117 cm³/mol. The van der Waals surface area contributed by atoms with Crippen molar-refractivity contribution >= 4 is 39.7 Å². The van der Waals surface area contributed by atoms with Crippen LogP contribution in [-0.2, 0) is 9.59 Å². The molecule has 2 aliphatic heterocycles. The smallest absolute Gasteiger partial charge is 0.259 e. The first-order valence-electron chi connectivity index (χ1n) is 10.1. The molecule has 2 aliphatic rings. The maximum atomic E-state index is 12.8. The summed E-state index contributed by atoms with van der Waals surface area (Å²) in [5, 5.41) is 3.41. The van der Waals surface area contributed by atoms with E-state index in [1.54, 1.807) is 12.3 Å². The second-order valence-electron chi connectivity index (χ2n) is 7.93. The molecule has 0 atom stereocenters. The number of hydrogen-bond donors (Lipinski definition) is 2. The Labute approximate surface area is 174 Å². The summed E-state index contributed by atoms with van der Waals surface area (Å²) < 4.78 is 0. The number of carbonyl (C=O) groups is 2. The first-order chi connectivity index (χ1) is 14.5. The number of pyridine rings is 1. The lowest BCUT2D eigenvalue weighted by Gasteiger charge is -2.33. The van der Waals surface area contributed by atoms with E-state index in [4.69, 9.17) is 0 Å². The number of amides is 2. The highest BCUT2D eigenvalue weighted by Crippen LogP contribution is 2.36. The molecule has 0 spiro atoms. The van der Waals surface area contributed by atoms with Gasteiger partial charge in [0.15, 0.2) is 0 Å². The van der Waals surface area contributed by atoms with E-state index < -0.39 is 0 Å². The minimum atomic E-state index is -0.368. The van der Waals surface area contributed by atoms with Gasteiger partial charge in [0.1, 0.15) is 5.82 Å². The molecule has 7 nitrogen and oxygen atoms in total. The number of piperazine rings is 1. The van der Waals surface area contributed by atoms with Gasteiger partial charge in [-0.2, -0.15) is 0 Å². The number of H-pyrrole nitrogens is 1. The van der Waals surface area contributed by atoms with Crippen LogP contribution in [-0.4, -0.2) is 59.9 Å². The molecule has 5 rings (SSSR count). The third-order valence-electron chi connectivity index (χ3n) is 5.99. The average Bonchev–Trinajstić information content (AvgIpc) is 3.29. The third-order valence-corrected chi connectivity index (χ3v) is 5.99. The van der Waals surface area contributed by atoms with Crippen molar-refractivity contribution in [3.63, 3.8) is 0 Å². The van der Waals surface area contributed by atoms with Crippen LogP contribution in [0.25, 0.3) is 22.0 Å². The molecule has 0 aliphatic carbocycles. The lowest BCUT2D eigenvalue weighted by molar-refractivity contribution is -0.122. The van der Waals surface area contributed by atoms with Gasteiger partial charge in [0.25, 0.3) is 11.8 Å². The molecule has 2 aromatic heterocycles. The first-order valence-corrected chi connectivity index (χ1v) is 10.1. The Morgan fingerprint density at radius 1 is 1.00 bits per heavy atom. The van der Waals surface area contributed by atoms with Gasteiger partial charge in [-0.05, 0) is 37.2 Å². The van der Waals surface area contributed by atoms with E-state index in [-0.39, 0.29) is 11.8 Å². The van der Waals surface area contributed by atoms with Crippen molar-refractivity contribution in [1.82, 2.24) is 20.2 Å². The van der Waals surface area contributed by atoms with Crippen LogP contribution < -0.4 is 10.2 Å². The maximum Gasteiger partial charge on any atom is 0.259 e. The number of aromatic nitrogens is 2. The van der Waals surface area contributed by atoms with E-state index in [0.717, 1.165) is 54.0 Å². The lowest BCUT2D eigenvalue weighted by Crippen LogP contribution is -2.44. The molecule has 7 heteroatoms. The summed E-state index contributed by atoms with van der Waals surface area (Å²) in [6.45, 7) is 5.71. The van der Waals surface area contributed by atoms with E-state index in [1.165, 1.54) is 0 Å². The Morgan fingerprint density at radius 3 is 2.57 bits per heavy atom. The topological polar surface area (TPSA) is 81.3 Å². The van der Waals surface area contributed by atoms with Gasteiger partial charge in [-0.1, -0.05) is 18.2 Å². The van der Waals surface area contributed by atoms with Gasteiger partial charge >= 0.3 is 0 Å². The monoisotopic (exact) mass is 401 g/mol. The van der Waals surface area contributed by atoms with E-state index >= 15 is 0 Å². The van der Waals surface area contributed by atoms with Crippen molar-refractivity contribution in [2.24, 2.45) is 0 Å². The molecule has 0 bridgehead atoms. The molecule has 2 N–H and O–H groups in total. The molecular formula is C23H23N5O2. The molecule has 30 heavy (non-hydrogen) atoms. The van der Waals surface area contributed by atoms with E-state index in [1.807, 2.05) is 37.4 Å². The van der Waals surface area contributed by atoms with Crippen molar-refractivity contribution in [1.29, 1.82) is 0 Å². The highest BCUT2D eigenvalue weighted by Gasteiger charge is 2.34. The average molecular weight is 401 g/mol. The van der Waals surface area contributed by atoms with Gasteiger partial charge in [0.05, 0.1) is 11.1 Å². The fourth-order valence-electron chi connectivity index (χ4n) is 4.28. The minimum Gasteiger partial charge on any atom is -0.360 e. The van der Waals surface area contributed by atoms with E-state index in [2.05, 4.69) is 32.1 Å². The number of para-hydroxylation sites is 1. The number of aryl methyl sites for hydroxylation is 1. The zero-order valence-electron chi connectivity index (χ0n) is 17.0. The van der Waals surface area contributed by atoms with Crippen molar-refractivity contribution in [2.75, 3.05) is 38.1 Å². The zero-order chi connectivity index (χ0) is 20.8. The van der Waals surface area contributed by atoms with Gasteiger partial charge in [-0.3, -0.25) is 14.9 Å². The van der Waals surface area contributed by atoms with Crippen LogP contribution in [0.3, 0.4) is 0 Å². The molecule has 1 saturated heterocycles. The summed E-state index contributed by atoms with van der Waals surface area (Å²) in [5.74, 6) is 0.0947. The molecule has 2 amide bonds. The number of nitrogens with zero attached hydrogens (tertiary/aromatic N) is 3. The SMILES string of the molecule is Cc1cccc2c(C3=C(c4ccnc(N5CCN(C)CC5)c4)C(=O)NC3=O)c[nH]c12. The van der Waals surface area contributed by atoms with Crippen LogP contribution in [0.1, 0.15) is 16.7 Å². The van der Waals surface area contributed by atoms with Gasteiger partial charge < -0.3 is 14.8 Å². The Bertz CT molecular complexity index is 1200. The molecular weight excluding hydrogens is 378 g/mol. The summed E-state index contributed by atoms with van der Waals surface area (Å²) in [6, 6.07) is 9.66. The molecule has 1 fully saturated rings. The molecule has 3 aromatic rings. The normalized spacial score (nSPS) is 17.9. The van der Waals surface area contributed by atoms with Gasteiger partial charge in [0, 0.05) is 55.0 Å². The fourth-order valence-corrected chi connectivity index (χ4v) is 4.28. The van der Waals surface area contributed by atoms with Crippen LogP contribution in [0.5, 0.6) is 0 Å². The van der Waals surface area contributed by atoms with Gasteiger partial charge in [-0.15, -0.1) is 0 Å². The number of likely N-dealkylation sites (N-methyl/N-ethyl adjacent to an activating group) is 1. The van der Waals surface area contributed by atoms with Gasteiger partial charge in [0.2, 0.25) is 0 Å². The Balaban J connectivity index is 1.63. The maximum absolute atomic E-state index is 12.8. The molecule has 0 saturated carbocycles. The molecule has 0 radical (unpaired) electrons. The fraction of sp³-hybridized carbons (Fsp3) is 0.261. The van der Waals surface area contributed by atoms with Crippen molar-refractivity contribution in [3.8, 4) is 0 Å². The highest BCUT2D eigenvalue weighted by atomic mass is 16.2. The van der Waals surface area contributed by atoms with Crippen LogP contribution in [0.2, 0.25) is 0 Å². The number of rotatable bonds is 3. The minimum absolute atomic E-state index is 0.365. The first kappa shape index (κ1) is 18.6. The number of nitrogens with one attached hydrogen (secondary N) is 2. The number of benzene rings is 1. The summed E-state index contributed by atoms with van der Waals surface area (Å²) in [7, 11) is 2.11. The number of aromatic amines is 1. The number of anilines is 1. The second-order valence-corrected chi connectivity index (χ2v) is 7.93. The number of hydrogen-bond acceptors (Lipinski definition) is 5. The standard InChI is InChI=1S/C23H23N5O2/c1-14-4-3-5-16-17(13-25-21(14)16)20-19(22(29)26-23(20)30)15-6-7-24-18(12-15)28-10-8-27(2)9-11-28/h3-7,12-13,25H,8-11H2,1-2H3,(H,26,29,30). The zero-order valence-corrected chi connectivity index (χ0v) is 17.0. The Morgan fingerprint density at radius 2 is 1.77 bits per heavy atom. The third kappa shape index (κ3) is 2.98. The van der Waals surface area contributed by atoms with Crippen LogP contribution in [0.15, 0.2) is 42.7 Å². The number of imide groups is 1. The quantitative estimate of drug-likeness (QED) is 0.658.